The lowest BCUT2D eigenvalue weighted by molar-refractivity contribution is 0.327. The lowest BCUT2D eigenvalue weighted by Crippen LogP contribution is -2.20. The van der Waals surface area contributed by atoms with Crippen LogP contribution in [0.3, 0.4) is 0 Å². The molecule has 1 unspecified atom stereocenters. The predicted octanol–water partition coefficient (Wildman–Crippen LogP) is 4.07. The van der Waals surface area contributed by atoms with E-state index in [2.05, 4.69) is 33.9 Å². The van der Waals surface area contributed by atoms with Crippen molar-refractivity contribution in [2.24, 2.45) is 11.8 Å². The molecule has 3 fully saturated rings. The Morgan fingerprint density at radius 3 is 2.26 bits per heavy atom. The normalized spacial score (nSPS) is 25.9. The van der Waals surface area contributed by atoms with Gasteiger partial charge in [-0.2, -0.15) is 0 Å². The summed E-state index contributed by atoms with van der Waals surface area (Å²) < 4.78 is 25.7. The van der Waals surface area contributed by atoms with E-state index in [4.69, 9.17) is 0 Å². The van der Waals surface area contributed by atoms with Crippen LogP contribution in [0.2, 0.25) is 0 Å². The lowest BCUT2D eigenvalue weighted by Gasteiger charge is -2.18. The number of anilines is 1. The zero-order chi connectivity index (χ0) is 18.9. The van der Waals surface area contributed by atoms with Gasteiger partial charge in [0, 0.05) is 13.1 Å². The number of para-hydroxylation sites is 1. The van der Waals surface area contributed by atoms with Gasteiger partial charge in [0.05, 0.1) is 11.9 Å². The average molecular weight is 385 g/mol. The Balaban J connectivity index is 0.000000388. The van der Waals surface area contributed by atoms with Gasteiger partial charge in [-0.1, -0.05) is 48.5 Å². The molecule has 2 aromatic carbocycles. The topological polar surface area (TPSA) is 49.4 Å². The van der Waals surface area contributed by atoms with Crippen LogP contribution in [0.1, 0.15) is 36.3 Å². The van der Waals surface area contributed by atoms with Gasteiger partial charge in [-0.15, -0.1) is 0 Å². The Morgan fingerprint density at radius 1 is 1.00 bits per heavy atom. The molecule has 2 aromatic rings. The maximum absolute atomic E-state index is 11.6. The third-order valence-electron chi connectivity index (χ3n) is 5.69. The van der Waals surface area contributed by atoms with Crippen molar-refractivity contribution in [1.82, 2.24) is 4.90 Å². The summed E-state index contributed by atoms with van der Waals surface area (Å²) in [6.45, 7) is 2.93. The molecule has 144 valence electrons. The second-order valence-electron chi connectivity index (χ2n) is 8.16. The molecule has 1 atom stereocenters. The van der Waals surface area contributed by atoms with E-state index in [1.54, 1.807) is 12.8 Å². The number of likely N-dealkylation sites (tertiary alicyclic amines) is 1. The molecule has 5 rings (SSSR count). The minimum absolute atomic E-state index is 0.365. The Morgan fingerprint density at radius 2 is 1.63 bits per heavy atom. The minimum Gasteiger partial charge on any atom is -0.298 e. The summed E-state index contributed by atoms with van der Waals surface area (Å²) in [6.07, 6.45) is 5.41. The molecule has 0 radical (unpaired) electrons. The van der Waals surface area contributed by atoms with Gasteiger partial charge in [0.15, 0.2) is 0 Å². The molecule has 1 saturated heterocycles. The summed E-state index contributed by atoms with van der Waals surface area (Å²) in [5.41, 5.74) is 3.12. The first-order valence-corrected chi connectivity index (χ1v) is 11.7. The Bertz CT molecular complexity index is 870. The number of nitrogens with zero attached hydrogens (tertiary/aromatic N) is 1. The predicted molar refractivity (Wildman–Crippen MR) is 110 cm³/mol. The van der Waals surface area contributed by atoms with Crippen LogP contribution in [-0.4, -0.2) is 32.7 Å². The summed E-state index contributed by atoms with van der Waals surface area (Å²) in [5, 5.41) is 0. The maximum Gasteiger partial charge on any atom is 0.229 e. The van der Waals surface area contributed by atoms with Crippen molar-refractivity contribution in [3.8, 4) is 0 Å². The molecule has 4 nitrogen and oxygen atoms in total. The van der Waals surface area contributed by atoms with E-state index in [0.717, 1.165) is 31.6 Å². The molecule has 1 N–H and O–H groups in total. The van der Waals surface area contributed by atoms with Gasteiger partial charge in [-0.05, 0) is 60.8 Å². The third-order valence-corrected chi connectivity index (χ3v) is 6.28. The van der Waals surface area contributed by atoms with Crippen LogP contribution in [0.15, 0.2) is 54.6 Å². The summed E-state index contributed by atoms with van der Waals surface area (Å²) >= 11 is 0. The Hall–Kier alpha value is -1.85. The van der Waals surface area contributed by atoms with E-state index in [9.17, 15) is 8.42 Å². The van der Waals surface area contributed by atoms with Crippen molar-refractivity contribution in [2.75, 3.05) is 24.1 Å². The van der Waals surface area contributed by atoms with Crippen molar-refractivity contribution in [1.29, 1.82) is 0 Å². The van der Waals surface area contributed by atoms with Gasteiger partial charge in [0.2, 0.25) is 10.0 Å². The summed E-state index contributed by atoms with van der Waals surface area (Å²) in [6, 6.07) is 18.2. The smallest absolute Gasteiger partial charge is 0.229 e. The molecule has 3 aliphatic rings. The van der Waals surface area contributed by atoms with Gasteiger partial charge >= 0.3 is 0 Å². The van der Waals surface area contributed by atoms with Crippen LogP contribution in [0.4, 0.5) is 5.69 Å². The van der Waals surface area contributed by atoms with Crippen molar-refractivity contribution >= 4 is 15.7 Å². The fourth-order valence-corrected chi connectivity index (χ4v) is 4.35. The maximum atomic E-state index is 11.6. The second kappa shape index (κ2) is 7.64. The number of hydrogen-bond acceptors (Lipinski definition) is 3. The van der Waals surface area contributed by atoms with Gasteiger partial charge in [0.25, 0.3) is 0 Å². The highest BCUT2D eigenvalue weighted by atomic mass is 32.2. The molecule has 2 saturated carbocycles. The number of benzene rings is 2. The quantitative estimate of drug-likeness (QED) is 0.845. The first-order chi connectivity index (χ1) is 13.0. The molecule has 27 heavy (non-hydrogen) atoms. The zero-order valence-electron chi connectivity index (χ0n) is 15.8. The van der Waals surface area contributed by atoms with Crippen LogP contribution in [0, 0.1) is 11.8 Å². The number of hydrogen-bond donors (Lipinski definition) is 1. The van der Waals surface area contributed by atoms with E-state index < -0.39 is 10.0 Å². The molecule has 5 heteroatoms. The first-order valence-electron chi connectivity index (χ1n) is 9.81. The zero-order valence-corrected chi connectivity index (χ0v) is 16.7. The number of sulfonamides is 1. The van der Waals surface area contributed by atoms with Crippen molar-refractivity contribution in [3.63, 3.8) is 0 Å². The van der Waals surface area contributed by atoms with E-state index in [-0.39, 0.29) is 0 Å². The fourth-order valence-electron chi connectivity index (χ4n) is 3.77. The van der Waals surface area contributed by atoms with Crippen LogP contribution >= 0.6 is 0 Å². The first kappa shape index (κ1) is 18.5. The minimum atomic E-state index is -3.25. The van der Waals surface area contributed by atoms with E-state index in [0.29, 0.717) is 11.6 Å². The van der Waals surface area contributed by atoms with Crippen molar-refractivity contribution < 1.29 is 8.42 Å². The average Bonchev–Trinajstić information content (AvgIpc) is 3.49. The van der Waals surface area contributed by atoms with Gasteiger partial charge in [0.1, 0.15) is 0 Å². The van der Waals surface area contributed by atoms with Crippen LogP contribution in [0.25, 0.3) is 0 Å². The Kier molecular flexibility index (Phi) is 5.24. The molecular formula is C22H28N2O2S. The molecule has 0 bridgehead atoms. The van der Waals surface area contributed by atoms with E-state index >= 15 is 0 Å². The lowest BCUT2D eigenvalue weighted by atomic mass is 9.97. The van der Waals surface area contributed by atoms with Crippen LogP contribution in [0.5, 0.6) is 0 Å². The van der Waals surface area contributed by atoms with Crippen LogP contribution in [-0.2, 0) is 16.6 Å². The molecule has 1 heterocycles. The number of fused-ring (bicyclic) bond motifs is 1. The SMILES string of the molecule is C1C2CC12.CS(=O)(=O)Nc1ccccc1C1CCN(Cc2ccccc2)C1. The highest BCUT2D eigenvalue weighted by molar-refractivity contribution is 7.92. The largest absolute Gasteiger partial charge is 0.298 e. The second-order valence-corrected chi connectivity index (χ2v) is 9.91. The van der Waals surface area contributed by atoms with E-state index in [1.807, 2.05) is 30.3 Å². The number of nitrogens with one attached hydrogen (secondary N) is 1. The highest BCUT2D eigenvalue weighted by Gasteiger charge is 2.52. The van der Waals surface area contributed by atoms with Gasteiger partial charge in [-0.25, -0.2) is 8.42 Å². The van der Waals surface area contributed by atoms with Gasteiger partial charge in [-0.3, -0.25) is 9.62 Å². The molecule has 2 aliphatic carbocycles. The molecular weight excluding hydrogens is 356 g/mol. The van der Waals surface area contributed by atoms with E-state index in [1.165, 1.54) is 23.7 Å². The van der Waals surface area contributed by atoms with Crippen molar-refractivity contribution in [3.05, 3.63) is 65.7 Å². The van der Waals surface area contributed by atoms with Crippen molar-refractivity contribution in [2.45, 2.75) is 31.7 Å². The van der Waals surface area contributed by atoms with Gasteiger partial charge < -0.3 is 0 Å². The standard InChI is InChI=1S/C18H22N2O2S.C4H6/c1-23(21,22)19-18-10-6-5-9-17(18)16-11-12-20(14-16)13-15-7-3-2-4-8-15;1-3-2-4(1)3/h2-10,16,19H,11-14H2,1H3;3-4H,1-2H2. The molecule has 0 amide bonds. The molecule has 0 aromatic heterocycles. The Labute approximate surface area is 162 Å². The summed E-state index contributed by atoms with van der Waals surface area (Å²) in [7, 11) is -3.25. The fraction of sp³-hybridized carbons (Fsp3) is 0.455. The summed E-state index contributed by atoms with van der Waals surface area (Å²) in [5.74, 6) is 2.86. The third kappa shape index (κ3) is 5.33. The molecule has 0 spiro atoms. The summed E-state index contributed by atoms with van der Waals surface area (Å²) in [4.78, 5) is 2.43. The highest BCUT2D eigenvalue weighted by Crippen LogP contribution is 2.62. The monoisotopic (exact) mass is 384 g/mol. The number of rotatable bonds is 5. The molecule has 1 aliphatic heterocycles. The van der Waals surface area contributed by atoms with Crippen LogP contribution < -0.4 is 4.72 Å².